The molecular formula is C16H20BrFN2O. The number of piperidine rings is 1. The Morgan fingerprint density at radius 3 is 2.86 bits per heavy atom. The number of hydrogen-bond donors (Lipinski definition) is 1. The van der Waals surface area contributed by atoms with Gasteiger partial charge in [0.25, 0.3) is 5.91 Å². The summed E-state index contributed by atoms with van der Waals surface area (Å²) in [5.41, 5.74) is 0.181. The number of halogens is 2. The van der Waals surface area contributed by atoms with Crippen molar-refractivity contribution in [1.29, 1.82) is 0 Å². The standard InChI is InChI=1S/C16H20BrFN2O/c17-12-3-6-15(18)14(8-12)16(21)20(13-4-5-13)10-11-2-1-7-19-9-11/h3,6,8,11,13,19H,1-2,4-5,7,9-10H2. The molecule has 1 amide bonds. The van der Waals surface area contributed by atoms with Crippen LogP contribution >= 0.6 is 15.9 Å². The van der Waals surface area contributed by atoms with Crippen molar-refractivity contribution in [3.05, 3.63) is 34.1 Å². The predicted molar refractivity (Wildman–Crippen MR) is 83.8 cm³/mol. The molecule has 1 saturated carbocycles. The molecule has 1 atom stereocenters. The molecule has 1 aliphatic heterocycles. The van der Waals surface area contributed by atoms with E-state index in [-0.39, 0.29) is 11.5 Å². The molecule has 0 spiro atoms. The molecule has 0 bridgehead atoms. The average Bonchev–Trinajstić information content (AvgIpc) is 3.32. The van der Waals surface area contributed by atoms with Crippen molar-refractivity contribution < 1.29 is 9.18 Å². The minimum Gasteiger partial charge on any atom is -0.335 e. The SMILES string of the molecule is O=C(c1cc(Br)ccc1F)N(CC1CCCNC1)C1CC1. The summed E-state index contributed by atoms with van der Waals surface area (Å²) in [6.07, 6.45) is 4.39. The van der Waals surface area contributed by atoms with Crippen LogP contribution in [0, 0.1) is 11.7 Å². The van der Waals surface area contributed by atoms with Gasteiger partial charge in [0.05, 0.1) is 5.56 Å². The second-order valence-electron chi connectivity index (χ2n) is 6.03. The second kappa shape index (κ2) is 6.44. The Balaban J connectivity index is 1.76. The van der Waals surface area contributed by atoms with Gasteiger partial charge in [-0.2, -0.15) is 0 Å². The first-order valence-electron chi connectivity index (χ1n) is 7.62. The van der Waals surface area contributed by atoms with E-state index >= 15 is 0 Å². The summed E-state index contributed by atoms with van der Waals surface area (Å²) < 4.78 is 14.7. The van der Waals surface area contributed by atoms with E-state index in [2.05, 4.69) is 21.2 Å². The smallest absolute Gasteiger partial charge is 0.257 e. The van der Waals surface area contributed by atoms with E-state index < -0.39 is 5.82 Å². The van der Waals surface area contributed by atoms with Gasteiger partial charge in [-0.3, -0.25) is 4.79 Å². The van der Waals surface area contributed by atoms with Crippen molar-refractivity contribution in [2.75, 3.05) is 19.6 Å². The van der Waals surface area contributed by atoms with Crippen LogP contribution in [0.2, 0.25) is 0 Å². The van der Waals surface area contributed by atoms with Gasteiger partial charge in [0, 0.05) is 17.1 Å². The molecule has 3 nitrogen and oxygen atoms in total. The molecule has 1 aromatic rings. The molecule has 0 radical (unpaired) electrons. The lowest BCUT2D eigenvalue weighted by atomic mass is 9.98. The molecule has 1 saturated heterocycles. The number of carbonyl (C=O) groups is 1. The molecule has 1 aliphatic carbocycles. The molecule has 1 N–H and O–H groups in total. The van der Waals surface area contributed by atoms with E-state index in [4.69, 9.17) is 0 Å². The van der Waals surface area contributed by atoms with E-state index in [9.17, 15) is 9.18 Å². The molecule has 114 valence electrons. The lowest BCUT2D eigenvalue weighted by molar-refractivity contribution is 0.0699. The Morgan fingerprint density at radius 2 is 2.19 bits per heavy atom. The van der Waals surface area contributed by atoms with Gasteiger partial charge in [0.1, 0.15) is 5.82 Å². The van der Waals surface area contributed by atoms with E-state index in [1.165, 1.54) is 6.07 Å². The molecule has 2 aliphatic rings. The highest BCUT2D eigenvalue weighted by atomic mass is 79.9. The van der Waals surface area contributed by atoms with Gasteiger partial charge in [-0.05, 0) is 62.9 Å². The Bertz CT molecular complexity index is 527. The van der Waals surface area contributed by atoms with Crippen LogP contribution in [0.3, 0.4) is 0 Å². The van der Waals surface area contributed by atoms with Gasteiger partial charge in [0.15, 0.2) is 0 Å². The molecule has 1 heterocycles. The summed E-state index contributed by atoms with van der Waals surface area (Å²) in [5.74, 6) is -0.115. The van der Waals surface area contributed by atoms with Crippen molar-refractivity contribution >= 4 is 21.8 Å². The number of nitrogens with one attached hydrogen (secondary N) is 1. The highest BCUT2D eigenvalue weighted by Gasteiger charge is 2.35. The Morgan fingerprint density at radius 1 is 1.38 bits per heavy atom. The van der Waals surface area contributed by atoms with Crippen molar-refractivity contribution in [3.63, 3.8) is 0 Å². The highest BCUT2D eigenvalue weighted by Crippen LogP contribution is 2.31. The maximum Gasteiger partial charge on any atom is 0.257 e. The van der Waals surface area contributed by atoms with E-state index in [1.54, 1.807) is 12.1 Å². The van der Waals surface area contributed by atoms with E-state index in [0.717, 1.165) is 49.8 Å². The van der Waals surface area contributed by atoms with Crippen LogP contribution in [0.1, 0.15) is 36.0 Å². The molecule has 1 unspecified atom stereocenters. The van der Waals surface area contributed by atoms with Crippen LogP contribution in [-0.4, -0.2) is 36.5 Å². The van der Waals surface area contributed by atoms with Crippen molar-refractivity contribution in [3.8, 4) is 0 Å². The van der Waals surface area contributed by atoms with Crippen molar-refractivity contribution in [2.45, 2.75) is 31.7 Å². The third-order valence-electron chi connectivity index (χ3n) is 4.26. The number of benzene rings is 1. The molecule has 2 fully saturated rings. The Labute approximate surface area is 133 Å². The van der Waals surface area contributed by atoms with Crippen LogP contribution in [-0.2, 0) is 0 Å². The van der Waals surface area contributed by atoms with Crippen LogP contribution < -0.4 is 5.32 Å². The summed E-state index contributed by atoms with van der Waals surface area (Å²) in [6.45, 7) is 2.76. The number of hydrogen-bond acceptors (Lipinski definition) is 2. The van der Waals surface area contributed by atoms with Gasteiger partial charge < -0.3 is 10.2 Å². The van der Waals surface area contributed by atoms with Crippen LogP contribution in [0.15, 0.2) is 22.7 Å². The van der Waals surface area contributed by atoms with Gasteiger partial charge >= 0.3 is 0 Å². The summed E-state index contributed by atoms with van der Waals surface area (Å²) in [4.78, 5) is 14.6. The average molecular weight is 355 g/mol. The van der Waals surface area contributed by atoms with Crippen LogP contribution in [0.5, 0.6) is 0 Å². The fourth-order valence-corrected chi connectivity index (χ4v) is 3.32. The molecule has 0 aromatic heterocycles. The van der Waals surface area contributed by atoms with Crippen LogP contribution in [0.25, 0.3) is 0 Å². The minimum atomic E-state index is -0.435. The number of carbonyl (C=O) groups excluding carboxylic acids is 1. The molecule has 3 rings (SSSR count). The minimum absolute atomic E-state index is 0.165. The summed E-state index contributed by atoms with van der Waals surface area (Å²) in [7, 11) is 0. The third-order valence-corrected chi connectivity index (χ3v) is 4.75. The molecule has 5 heteroatoms. The summed E-state index contributed by atoms with van der Waals surface area (Å²) in [6, 6.07) is 4.87. The van der Waals surface area contributed by atoms with Crippen molar-refractivity contribution in [2.24, 2.45) is 5.92 Å². The van der Waals surface area contributed by atoms with E-state index in [1.807, 2.05) is 4.90 Å². The normalized spacial score (nSPS) is 22.1. The number of amides is 1. The summed E-state index contributed by atoms with van der Waals surface area (Å²) in [5, 5.41) is 3.38. The van der Waals surface area contributed by atoms with Crippen LogP contribution in [0.4, 0.5) is 4.39 Å². The highest BCUT2D eigenvalue weighted by molar-refractivity contribution is 9.10. The fourth-order valence-electron chi connectivity index (χ4n) is 2.96. The Hall–Kier alpha value is -0.940. The molecule has 1 aromatic carbocycles. The number of rotatable bonds is 4. The maximum atomic E-state index is 14.0. The molecular weight excluding hydrogens is 335 g/mol. The van der Waals surface area contributed by atoms with Gasteiger partial charge in [-0.1, -0.05) is 15.9 Å². The monoisotopic (exact) mass is 354 g/mol. The topological polar surface area (TPSA) is 32.3 Å². The largest absolute Gasteiger partial charge is 0.335 e. The Kier molecular flexibility index (Phi) is 4.60. The van der Waals surface area contributed by atoms with Gasteiger partial charge in [0.2, 0.25) is 0 Å². The first-order valence-corrected chi connectivity index (χ1v) is 8.41. The third kappa shape index (κ3) is 3.64. The number of nitrogens with zero attached hydrogens (tertiary/aromatic N) is 1. The zero-order valence-corrected chi connectivity index (χ0v) is 13.5. The lowest BCUT2D eigenvalue weighted by Crippen LogP contribution is -2.42. The lowest BCUT2D eigenvalue weighted by Gasteiger charge is -2.30. The van der Waals surface area contributed by atoms with Crippen molar-refractivity contribution in [1.82, 2.24) is 10.2 Å². The maximum absolute atomic E-state index is 14.0. The quantitative estimate of drug-likeness (QED) is 0.900. The van der Waals surface area contributed by atoms with Gasteiger partial charge in [-0.25, -0.2) is 4.39 Å². The molecule has 21 heavy (non-hydrogen) atoms. The predicted octanol–water partition coefficient (Wildman–Crippen LogP) is 3.19. The van der Waals surface area contributed by atoms with Gasteiger partial charge in [-0.15, -0.1) is 0 Å². The zero-order valence-electron chi connectivity index (χ0n) is 11.9. The summed E-state index contributed by atoms with van der Waals surface area (Å²) >= 11 is 3.32. The zero-order chi connectivity index (χ0) is 14.8. The second-order valence-corrected chi connectivity index (χ2v) is 6.94. The first-order chi connectivity index (χ1) is 10.1. The first kappa shape index (κ1) is 15.0. The van der Waals surface area contributed by atoms with E-state index in [0.29, 0.717) is 12.0 Å². The fraction of sp³-hybridized carbons (Fsp3) is 0.562.